The van der Waals surface area contributed by atoms with E-state index in [0.29, 0.717) is 0 Å². The highest BCUT2D eigenvalue weighted by Crippen LogP contribution is 2.26. The van der Waals surface area contributed by atoms with Gasteiger partial charge in [0.15, 0.2) is 0 Å². The van der Waals surface area contributed by atoms with Gasteiger partial charge in [0.1, 0.15) is 0 Å². The average Bonchev–Trinajstić information content (AvgIpc) is 3.02. The summed E-state index contributed by atoms with van der Waals surface area (Å²) in [5, 5.41) is 6.14. The largest absolute Gasteiger partial charge is 0.382 e. The second kappa shape index (κ2) is 3.02. The molecule has 0 aliphatic heterocycles. The summed E-state index contributed by atoms with van der Waals surface area (Å²) < 4.78 is 0. The second-order valence-electron chi connectivity index (χ2n) is 3.98. The molecule has 1 fully saturated rings. The van der Waals surface area contributed by atoms with Crippen molar-refractivity contribution in [3.8, 4) is 0 Å². The Morgan fingerprint density at radius 3 is 2.50 bits per heavy atom. The van der Waals surface area contributed by atoms with E-state index in [9.17, 15) is 0 Å². The van der Waals surface area contributed by atoms with Crippen LogP contribution < -0.4 is 5.32 Å². The van der Waals surface area contributed by atoms with Crippen molar-refractivity contribution in [3.05, 3.63) is 42.5 Å². The number of fused-ring (bicyclic) bond motifs is 1. The lowest BCUT2D eigenvalue weighted by Gasteiger charge is -2.05. The van der Waals surface area contributed by atoms with Gasteiger partial charge in [0.25, 0.3) is 0 Å². The number of rotatable bonds is 2. The lowest BCUT2D eigenvalue weighted by molar-refractivity contribution is 1.16. The summed E-state index contributed by atoms with van der Waals surface area (Å²) in [6.07, 6.45) is 2.65. The van der Waals surface area contributed by atoms with Crippen LogP contribution in [0.2, 0.25) is 0 Å². The molecular formula is C13H13N. The van der Waals surface area contributed by atoms with Crippen molar-refractivity contribution >= 4 is 16.5 Å². The van der Waals surface area contributed by atoms with Crippen LogP contribution in [0.3, 0.4) is 0 Å². The maximum Gasteiger partial charge on any atom is 0.0348 e. The van der Waals surface area contributed by atoms with Crippen molar-refractivity contribution in [2.75, 3.05) is 5.32 Å². The Balaban J connectivity index is 2.01. The molecule has 1 saturated carbocycles. The number of hydrogen-bond acceptors (Lipinski definition) is 1. The second-order valence-corrected chi connectivity index (χ2v) is 3.98. The maximum atomic E-state index is 3.51. The first-order valence-corrected chi connectivity index (χ1v) is 5.17. The van der Waals surface area contributed by atoms with E-state index < -0.39 is 0 Å². The minimum atomic E-state index is 0.733. The third-order valence-corrected chi connectivity index (χ3v) is 2.70. The fourth-order valence-electron chi connectivity index (χ4n) is 1.74. The van der Waals surface area contributed by atoms with Crippen LogP contribution in [0, 0.1) is 0 Å². The van der Waals surface area contributed by atoms with E-state index >= 15 is 0 Å². The number of anilines is 1. The summed E-state index contributed by atoms with van der Waals surface area (Å²) >= 11 is 0. The van der Waals surface area contributed by atoms with Crippen molar-refractivity contribution < 1.29 is 0 Å². The minimum absolute atomic E-state index is 0.733. The van der Waals surface area contributed by atoms with Gasteiger partial charge in [-0.25, -0.2) is 0 Å². The van der Waals surface area contributed by atoms with Crippen molar-refractivity contribution in [1.82, 2.24) is 0 Å². The van der Waals surface area contributed by atoms with Crippen LogP contribution in [0.25, 0.3) is 10.8 Å². The fourth-order valence-corrected chi connectivity index (χ4v) is 1.74. The normalized spacial score (nSPS) is 15.7. The van der Waals surface area contributed by atoms with Gasteiger partial charge in [-0.1, -0.05) is 30.3 Å². The lowest BCUT2D eigenvalue weighted by Crippen LogP contribution is -1.99. The molecule has 1 N–H and O–H groups in total. The molecule has 2 aromatic rings. The molecule has 0 atom stereocenters. The molecule has 0 amide bonds. The molecule has 0 unspecified atom stereocenters. The van der Waals surface area contributed by atoms with Crippen LogP contribution in [0.4, 0.5) is 5.69 Å². The molecule has 2 aromatic carbocycles. The Morgan fingerprint density at radius 2 is 1.71 bits per heavy atom. The molecule has 1 aliphatic carbocycles. The Labute approximate surface area is 83.8 Å². The smallest absolute Gasteiger partial charge is 0.0348 e. The molecule has 0 heterocycles. The molecule has 1 aliphatic rings. The quantitative estimate of drug-likeness (QED) is 0.752. The summed E-state index contributed by atoms with van der Waals surface area (Å²) in [6, 6.07) is 15.8. The van der Waals surface area contributed by atoms with E-state index in [-0.39, 0.29) is 0 Å². The summed E-state index contributed by atoms with van der Waals surface area (Å²) in [4.78, 5) is 0. The number of nitrogens with one attached hydrogen (secondary N) is 1. The van der Waals surface area contributed by atoms with Crippen LogP contribution in [0.5, 0.6) is 0 Å². The Bertz CT molecular complexity index is 457. The molecule has 0 bridgehead atoms. The molecule has 1 heteroatoms. The van der Waals surface area contributed by atoms with Gasteiger partial charge in [-0.05, 0) is 35.7 Å². The van der Waals surface area contributed by atoms with Gasteiger partial charge in [-0.2, -0.15) is 0 Å². The van der Waals surface area contributed by atoms with Crippen LogP contribution in [0.15, 0.2) is 42.5 Å². The number of hydrogen-bond donors (Lipinski definition) is 1. The zero-order chi connectivity index (χ0) is 9.38. The standard InChI is InChI=1S/C13H13N/c1-2-4-11-9-13(14-12-7-8-12)6-5-10(11)3-1/h1-6,9,12,14H,7-8H2. The van der Waals surface area contributed by atoms with Crippen molar-refractivity contribution in [1.29, 1.82) is 0 Å². The third kappa shape index (κ3) is 1.46. The zero-order valence-corrected chi connectivity index (χ0v) is 8.03. The molecule has 0 aromatic heterocycles. The topological polar surface area (TPSA) is 12.0 Å². The molecule has 0 saturated heterocycles. The molecule has 14 heavy (non-hydrogen) atoms. The predicted molar refractivity (Wildman–Crippen MR) is 60.6 cm³/mol. The Morgan fingerprint density at radius 1 is 0.929 bits per heavy atom. The highest BCUT2D eigenvalue weighted by molar-refractivity contribution is 5.85. The Kier molecular flexibility index (Phi) is 1.69. The van der Waals surface area contributed by atoms with Crippen LogP contribution in [-0.4, -0.2) is 6.04 Å². The summed E-state index contributed by atoms with van der Waals surface area (Å²) in [5.41, 5.74) is 1.26. The molecule has 70 valence electrons. The van der Waals surface area contributed by atoms with Gasteiger partial charge in [0.2, 0.25) is 0 Å². The average molecular weight is 183 g/mol. The van der Waals surface area contributed by atoms with Gasteiger partial charge in [0.05, 0.1) is 0 Å². The van der Waals surface area contributed by atoms with Gasteiger partial charge < -0.3 is 5.32 Å². The van der Waals surface area contributed by atoms with E-state index in [1.165, 1.54) is 29.3 Å². The van der Waals surface area contributed by atoms with E-state index in [2.05, 4.69) is 47.8 Å². The van der Waals surface area contributed by atoms with Crippen molar-refractivity contribution in [3.63, 3.8) is 0 Å². The van der Waals surface area contributed by atoms with Crippen LogP contribution in [-0.2, 0) is 0 Å². The van der Waals surface area contributed by atoms with Crippen LogP contribution in [0.1, 0.15) is 12.8 Å². The first-order chi connectivity index (χ1) is 6.92. The SMILES string of the molecule is c1ccc2cc(NC3CC3)ccc2c1. The zero-order valence-electron chi connectivity index (χ0n) is 8.03. The van der Waals surface area contributed by atoms with Gasteiger partial charge in [-0.3, -0.25) is 0 Å². The monoisotopic (exact) mass is 183 g/mol. The summed E-state index contributed by atoms with van der Waals surface area (Å²) in [6.45, 7) is 0. The molecule has 1 nitrogen and oxygen atoms in total. The van der Waals surface area contributed by atoms with Gasteiger partial charge in [0, 0.05) is 11.7 Å². The highest BCUT2D eigenvalue weighted by atomic mass is 14.9. The molecule has 0 radical (unpaired) electrons. The minimum Gasteiger partial charge on any atom is -0.382 e. The van der Waals surface area contributed by atoms with Crippen molar-refractivity contribution in [2.24, 2.45) is 0 Å². The highest BCUT2D eigenvalue weighted by Gasteiger charge is 2.20. The van der Waals surface area contributed by atoms with E-state index in [4.69, 9.17) is 0 Å². The maximum absolute atomic E-state index is 3.51. The molecule has 0 spiro atoms. The predicted octanol–water partition coefficient (Wildman–Crippen LogP) is 3.41. The van der Waals surface area contributed by atoms with Crippen LogP contribution >= 0.6 is 0 Å². The van der Waals surface area contributed by atoms with E-state index in [1.807, 2.05) is 0 Å². The summed E-state index contributed by atoms with van der Waals surface area (Å²) in [7, 11) is 0. The third-order valence-electron chi connectivity index (χ3n) is 2.70. The first-order valence-electron chi connectivity index (χ1n) is 5.17. The summed E-state index contributed by atoms with van der Waals surface area (Å²) in [5.74, 6) is 0. The Hall–Kier alpha value is -1.50. The number of benzene rings is 2. The van der Waals surface area contributed by atoms with Gasteiger partial charge in [-0.15, -0.1) is 0 Å². The van der Waals surface area contributed by atoms with E-state index in [0.717, 1.165) is 6.04 Å². The lowest BCUT2D eigenvalue weighted by atomic mass is 10.1. The molecule has 3 rings (SSSR count). The van der Waals surface area contributed by atoms with Gasteiger partial charge >= 0.3 is 0 Å². The first kappa shape index (κ1) is 7.86. The van der Waals surface area contributed by atoms with E-state index in [1.54, 1.807) is 0 Å². The van der Waals surface area contributed by atoms with Crippen molar-refractivity contribution in [2.45, 2.75) is 18.9 Å². The fraction of sp³-hybridized carbons (Fsp3) is 0.231. The molecular weight excluding hydrogens is 170 g/mol.